The van der Waals surface area contributed by atoms with Gasteiger partial charge in [-0.2, -0.15) is 31.4 Å². The molecule has 3 atom stereocenters. The van der Waals surface area contributed by atoms with Crippen molar-refractivity contribution in [1.82, 2.24) is 24.7 Å². The van der Waals surface area contributed by atoms with E-state index in [1.165, 1.54) is 25.3 Å². The van der Waals surface area contributed by atoms with Crippen LogP contribution in [0, 0.1) is 5.82 Å². The SMILES string of the molecule is C[C@@H](C[C@@H](F)Cn1ccc2cc(-c3ncc([C@@H](O)C(F)(F)F)cn3)c(F)cc2c1=O)Nc1cn[nH]c(=O)c1C(F)(F)F. The van der Waals surface area contributed by atoms with E-state index in [-0.39, 0.29) is 28.6 Å². The summed E-state index contributed by atoms with van der Waals surface area (Å²) in [6.07, 6.45) is -11.6. The molecule has 0 aliphatic carbocycles. The van der Waals surface area contributed by atoms with Gasteiger partial charge in [-0.1, -0.05) is 0 Å². The molecule has 0 fully saturated rings. The van der Waals surface area contributed by atoms with Crippen molar-refractivity contribution in [1.29, 1.82) is 0 Å². The highest BCUT2D eigenvalue weighted by molar-refractivity contribution is 5.86. The number of nitrogens with zero attached hydrogens (tertiary/aromatic N) is 4. The van der Waals surface area contributed by atoms with Crippen LogP contribution in [-0.4, -0.2) is 48.2 Å². The topological polar surface area (TPSA) is 126 Å². The lowest BCUT2D eigenvalue weighted by atomic mass is 10.1. The molecule has 1 aromatic carbocycles. The van der Waals surface area contributed by atoms with Crippen LogP contribution in [-0.2, 0) is 12.7 Å². The van der Waals surface area contributed by atoms with Gasteiger partial charge in [-0.15, -0.1) is 0 Å². The number of hydrogen-bond donors (Lipinski definition) is 3. The number of aliphatic hydroxyl groups excluding tert-OH is 1. The largest absolute Gasteiger partial charge is 0.423 e. The second-order valence-corrected chi connectivity index (χ2v) is 9.34. The maximum Gasteiger partial charge on any atom is 0.423 e. The van der Waals surface area contributed by atoms with E-state index in [4.69, 9.17) is 0 Å². The maximum atomic E-state index is 14.9. The van der Waals surface area contributed by atoms with E-state index >= 15 is 0 Å². The number of aromatic nitrogens is 5. The first-order chi connectivity index (χ1) is 19.6. The number of anilines is 1. The van der Waals surface area contributed by atoms with Crippen LogP contribution in [0.15, 0.2) is 52.6 Å². The number of H-pyrrole nitrogens is 1. The van der Waals surface area contributed by atoms with Crippen LogP contribution in [0.4, 0.5) is 40.8 Å². The van der Waals surface area contributed by atoms with Gasteiger partial charge in [0.25, 0.3) is 11.1 Å². The Balaban J connectivity index is 1.51. The molecule has 0 unspecified atom stereocenters. The Morgan fingerprint density at radius 3 is 2.36 bits per heavy atom. The lowest BCUT2D eigenvalue weighted by Crippen LogP contribution is -2.30. The molecule has 0 saturated heterocycles. The Bertz CT molecular complexity index is 1700. The summed E-state index contributed by atoms with van der Waals surface area (Å²) in [5.41, 5.74) is -5.33. The van der Waals surface area contributed by atoms with E-state index < -0.39 is 71.0 Å². The van der Waals surface area contributed by atoms with Gasteiger partial charge in [0, 0.05) is 36.6 Å². The smallest absolute Gasteiger partial charge is 0.381 e. The van der Waals surface area contributed by atoms with Gasteiger partial charge in [0.05, 0.1) is 29.4 Å². The minimum Gasteiger partial charge on any atom is -0.381 e. The zero-order valence-corrected chi connectivity index (χ0v) is 21.3. The fourth-order valence-electron chi connectivity index (χ4n) is 4.21. The van der Waals surface area contributed by atoms with Crippen molar-refractivity contribution in [3.8, 4) is 11.4 Å². The summed E-state index contributed by atoms with van der Waals surface area (Å²) >= 11 is 0. The fraction of sp³-hybridized carbons (Fsp3) is 0.320. The lowest BCUT2D eigenvalue weighted by Gasteiger charge is -2.20. The number of pyridine rings is 1. The van der Waals surface area contributed by atoms with Crippen molar-refractivity contribution in [2.75, 3.05) is 5.32 Å². The first kappa shape index (κ1) is 30.5. The molecule has 0 radical (unpaired) electrons. The van der Waals surface area contributed by atoms with Crippen molar-refractivity contribution in [3.05, 3.63) is 80.6 Å². The maximum absolute atomic E-state index is 14.9. The van der Waals surface area contributed by atoms with Crippen molar-refractivity contribution in [2.45, 2.75) is 50.6 Å². The van der Waals surface area contributed by atoms with Gasteiger partial charge in [0.2, 0.25) is 0 Å². The summed E-state index contributed by atoms with van der Waals surface area (Å²) in [7, 11) is 0. The zero-order valence-electron chi connectivity index (χ0n) is 21.3. The zero-order chi connectivity index (χ0) is 31.0. The molecule has 42 heavy (non-hydrogen) atoms. The predicted molar refractivity (Wildman–Crippen MR) is 133 cm³/mol. The molecule has 3 aromatic heterocycles. The molecule has 0 bridgehead atoms. The van der Waals surface area contributed by atoms with E-state index in [2.05, 4.69) is 20.4 Å². The second-order valence-electron chi connectivity index (χ2n) is 9.34. The van der Waals surface area contributed by atoms with Gasteiger partial charge in [0.1, 0.15) is 17.6 Å². The highest BCUT2D eigenvalue weighted by atomic mass is 19.4. The number of benzene rings is 1. The molecular weight excluding hydrogens is 584 g/mol. The Morgan fingerprint density at radius 2 is 1.74 bits per heavy atom. The van der Waals surface area contributed by atoms with E-state index in [0.29, 0.717) is 12.4 Å². The third kappa shape index (κ3) is 6.56. The Hall–Kier alpha value is -4.41. The molecule has 9 nitrogen and oxygen atoms in total. The van der Waals surface area contributed by atoms with Gasteiger partial charge in [-0.3, -0.25) is 9.59 Å². The number of fused-ring (bicyclic) bond motifs is 1. The van der Waals surface area contributed by atoms with Crippen LogP contribution in [0.2, 0.25) is 0 Å². The highest BCUT2D eigenvalue weighted by Gasteiger charge is 2.40. The van der Waals surface area contributed by atoms with E-state index in [9.17, 15) is 49.8 Å². The highest BCUT2D eigenvalue weighted by Crippen LogP contribution is 2.33. The molecule has 0 aliphatic heterocycles. The van der Waals surface area contributed by atoms with Crippen molar-refractivity contribution in [3.63, 3.8) is 0 Å². The number of rotatable bonds is 8. The summed E-state index contributed by atoms with van der Waals surface area (Å²) in [4.78, 5) is 31.9. The molecule has 0 amide bonds. The number of hydrogen-bond acceptors (Lipinski definition) is 7. The van der Waals surface area contributed by atoms with Crippen molar-refractivity contribution < 1.29 is 40.2 Å². The first-order valence-electron chi connectivity index (χ1n) is 12.0. The standard InChI is InChI=1S/C25H20F8N6O3/c1-11(37-18-9-36-38-22(41)19(18)24(28,29)30)4-14(26)10-39-3-2-12-5-16(17(27)6-15(12)23(39)42)21-34-7-13(8-35-21)20(40)25(31,32)33/h2-3,5-9,11,14,20,40H,4,10H2,1H3,(H2,37,38,41)/t11-,14+,20+/m0/s1. The molecule has 0 aliphatic rings. The third-order valence-corrected chi connectivity index (χ3v) is 6.15. The molecule has 17 heteroatoms. The molecule has 3 heterocycles. The van der Waals surface area contributed by atoms with E-state index in [0.717, 1.165) is 16.8 Å². The van der Waals surface area contributed by atoms with Crippen LogP contribution in [0.5, 0.6) is 0 Å². The van der Waals surface area contributed by atoms with Crippen LogP contribution in [0.25, 0.3) is 22.2 Å². The molecule has 0 saturated carbocycles. The monoisotopic (exact) mass is 604 g/mol. The molecular formula is C25H20F8N6O3. The molecule has 0 spiro atoms. The Labute approximate surface area is 229 Å². The van der Waals surface area contributed by atoms with Gasteiger partial charge in [-0.05, 0) is 30.5 Å². The average Bonchev–Trinajstić information content (AvgIpc) is 2.88. The number of aliphatic hydroxyl groups is 1. The average molecular weight is 604 g/mol. The number of nitrogens with one attached hydrogen (secondary N) is 2. The van der Waals surface area contributed by atoms with Crippen molar-refractivity contribution >= 4 is 16.5 Å². The predicted octanol–water partition coefficient (Wildman–Crippen LogP) is 4.52. The number of aromatic amines is 1. The number of alkyl halides is 7. The summed E-state index contributed by atoms with van der Waals surface area (Å²) < 4.78 is 108. The minimum atomic E-state index is -4.99. The van der Waals surface area contributed by atoms with Crippen LogP contribution in [0.1, 0.15) is 30.6 Å². The van der Waals surface area contributed by atoms with Gasteiger partial charge in [-0.25, -0.2) is 23.8 Å². The summed E-state index contributed by atoms with van der Waals surface area (Å²) in [5.74, 6) is -1.31. The molecule has 3 N–H and O–H groups in total. The fourth-order valence-corrected chi connectivity index (χ4v) is 4.21. The minimum absolute atomic E-state index is 0.161. The molecule has 224 valence electrons. The van der Waals surface area contributed by atoms with Gasteiger partial charge >= 0.3 is 12.4 Å². The number of halogens is 8. The van der Waals surface area contributed by atoms with Gasteiger partial charge in [0.15, 0.2) is 11.9 Å². The normalized spacial score (nSPS) is 14.5. The second kappa shape index (κ2) is 11.5. The lowest BCUT2D eigenvalue weighted by molar-refractivity contribution is -0.206. The van der Waals surface area contributed by atoms with E-state index in [1.807, 2.05) is 0 Å². The van der Waals surface area contributed by atoms with Crippen LogP contribution in [0.3, 0.4) is 0 Å². The van der Waals surface area contributed by atoms with Crippen LogP contribution < -0.4 is 16.4 Å². The first-order valence-corrected chi connectivity index (χ1v) is 12.0. The van der Waals surface area contributed by atoms with Crippen LogP contribution >= 0.6 is 0 Å². The summed E-state index contributed by atoms with van der Waals surface area (Å²) in [6.45, 7) is 0.836. The molecule has 4 rings (SSSR count). The Kier molecular flexibility index (Phi) is 8.34. The Morgan fingerprint density at radius 1 is 1.07 bits per heavy atom. The van der Waals surface area contributed by atoms with E-state index in [1.54, 1.807) is 5.10 Å². The quantitative estimate of drug-likeness (QED) is 0.253. The summed E-state index contributed by atoms with van der Waals surface area (Å²) in [6, 6.07) is 2.44. The summed E-state index contributed by atoms with van der Waals surface area (Å²) in [5, 5.41) is 16.7. The third-order valence-electron chi connectivity index (χ3n) is 6.15. The van der Waals surface area contributed by atoms with Gasteiger partial charge < -0.3 is 15.0 Å². The van der Waals surface area contributed by atoms with Crippen molar-refractivity contribution in [2.24, 2.45) is 0 Å². The molecule has 4 aromatic rings.